The van der Waals surface area contributed by atoms with E-state index in [9.17, 15) is 22.2 Å². The molecule has 0 saturated heterocycles. The fourth-order valence-electron chi connectivity index (χ4n) is 0.973. The van der Waals surface area contributed by atoms with E-state index in [1.165, 1.54) is 0 Å². The molecule has 0 radical (unpaired) electrons. The summed E-state index contributed by atoms with van der Waals surface area (Å²) in [7, 11) is -0.905. The summed E-state index contributed by atoms with van der Waals surface area (Å²) < 4.78 is 46.0. The van der Waals surface area contributed by atoms with Crippen LogP contribution >= 0.6 is 0 Å². The van der Waals surface area contributed by atoms with E-state index < -0.39 is 29.4 Å². The fraction of sp³-hybridized carbons (Fsp3) is 0.889. The van der Waals surface area contributed by atoms with Crippen molar-refractivity contribution in [3.8, 4) is 0 Å². The third-order valence-electron chi connectivity index (χ3n) is 1.94. The molecule has 0 aromatic heterocycles. The monoisotopic (exact) mass is 274 g/mol. The molecule has 0 aromatic carbocycles. The van der Waals surface area contributed by atoms with Gasteiger partial charge in [0.05, 0.1) is 6.54 Å². The van der Waals surface area contributed by atoms with Crippen LogP contribution in [0, 0.1) is 0 Å². The number of hydrogen-bond donors (Lipinski definition) is 2. The highest BCUT2D eigenvalue weighted by atomic mass is 32.2. The first-order valence-electron chi connectivity index (χ1n) is 5.07. The van der Waals surface area contributed by atoms with Crippen LogP contribution in [0.1, 0.15) is 13.3 Å². The molecule has 0 fully saturated rings. The quantitative estimate of drug-likeness (QED) is 0.707. The zero-order chi connectivity index (χ0) is 13.5. The van der Waals surface area contributed by atoms with Crippen molar-refractivity contribution in [3.63, 3.8) is 0 Å². The minimum atomic E-state index is -4.39. The van der Waals surface area contributed by atoms with Gasteiger partial charge in [-0.2, -0.15) is 13.2 Å². The Morgan fingerprint density at radius 3 is 2.47 bits per heavy atom. The molecule has 0 rings (SSSR count). The number of halogens is 3. The molecule has 0 aliphatic rings. The number of hydrogen-bond acceptors (Lipinski definition) is 3. The SMILES string of the molecule is CC(CCS(C)=O)NCC(=O)NCC(F)(F)F. The van der Waals surface area contributed by atoms with E-state index in [0.717, 1.165) is 0 Å². The molecular weight excluding hydrogens is 257 g/mol. The van der Waals surface area contributed by atoms with E-state index >= 15 is 0 Å². The molecule has 1 amide bonds. The topological polar surface area (TPSA) is 58.2 Å². The third-order valence-corrected chi connectivity index (χ3v) is 2.75. The second-order valence-corrected chi connectivity index (χ2v) is 5.29. The van der Waals surface area contributed by atoms with Gasteiger partial charge in [0.15, 0.2) is 0 Å². The lowest BCUT2D eigenvalue weighted by Crippen LogP contribution is -2.41. The van der Waals surface area contributed by atoms with Crippen LogP contribution in [0.4, 0.5) is 13.2 Å². The summed E-state index contributed by atoms with van der Waals surface area (Å²) in [5.41, 5.74) is 0. The maximum absolute atomic E-state index is 11.8. The lowest BCUT2D eigenvalue weighted by atomic mass is 10.2. The number of alkyl halides is 3. The van der Waals surface area contributed by atoms with Crippen molar-refractivity contribution in [1.82, 2.24) is 10.6 Å². The molecule has 0 aromatic rings. The first-order chi connectivity index (χ1) is 7.70. The molecular formula is C9H17F3N2O2S. The first-order valence-corrected chi connectivity index (χ1v) is 6.80. The molecule has 102 valence electrons. The molecule has 0 aliphatic carbocycles. The van der Waals surface area contributed by atoms with Gasteiger partial charge in [-0.25, -0.2) is 0 Å². The highest BCUT2D eigenvalue weighted by Crippen LogP contribution is 2.11. The van der Waals surface area contributed by atoms with Crippen LogP contribution in [-0.2, 0) is 15.6 Å². The predicted molar refractivity (Wildman–Crippen MR) is 60.1 cm³/mol. The summed E-state index contributed by atoms with van der Waals surface area (Å²) in [6.45, 7) is 0.290. The van der Waals surface area contributed by atoms with Gasteiger partial charge in [-0.1, -0.05) is 0 Å². The summed E-state index contributed by atoms with van der Waals surface area (Å²) >= 11 is 0. The summed E-state index contributed by atoms with van der Waals surface area (Å²) in [6, 6.07) is -0.0597. The minimum absolute atomic E-state index is 0.0597. The van der Waals surface area contributed by atoms with E-state index in [1.54, 1.807) is 18.5 Å². The van der Waals surface area contributed by atoms with E-state index in [1.807, 2.05) is 0 Å². The van der Waals surface area contributed by atoms with Crippen molar-refractivity contribution in [2.24, 2.45) is 0 Å². The molecule has 0 heterocycles. The summed E-state index contributed by atoms with van der Waals surface area (Å²) in [5.74, 6) is -0.204. The largest absolute Gasteiger partial charge is 0.405 e. The summed E-state index contributed by atoms with van der Waals surface area (Å²) in [5, 5.41) is 4.52. The lowest BCUT2D eigenvalue weighted by molar-refractivity contribution is -0.137. The lowest BCUT2D eigenvalue weighted by Gasteiger charge is -2.13. The van der Waals surface area contributed by atoms with Crippen LogP contribution in [0.2, 0.25) is 0 Å². The maximum Gasteiger partial charge on any atom is 0.405 e. The predicted octanol–water partition coefficient (Wildman–Crippen LogP) is 0.412. The normalized spacial score (nSPS) is 15.4. The molecule has 17 heavy (non-hydrogen) atoms. The molecule has 2 atom stereocenters. The Labute approximate surface area is 101 Å². The van der Waals surface area contributed by atoms with Crippen molar-refractivity contribution in [3.05, 3.63) is 0 Å². The van der Waals surface area contributed by atoms with Crippen LogP contribution in [0.25, 0.3) is 0 Å². The fourth-order valence-corrected chi connectivity index (χ4v) is 1.66. The maximum atomic E-state index is 11.8. The Morgan fingerprint density at radius 2 is 2.00 bits per heavy atom. The van der Waals surface area contributed by atoms with E-state index in [2.05, 4.69) is 5.32 Å². The Balaban J connectivity index is 3.66. The molecule has 2 unspecified atom stereocenters. The van der Waals surface area contributed by atoms with E-state index in [0.29, 0.717) is 12.2 Å². The van der Waals surface area contributed by atoms with Gasteiger partial charge >= 0.3 is 6.18 Å². The Hall–Kier alpha value is -0.630. The number of rotatable bonds is 7. The smallest absolute Gasteiger partial charge is 0.346 e. The van der Waals surface area contributed by atoms with Gasteiger partial charge in [-0.3, -0.25) is 9.00 Å². The van der Waals surface area contributed by atoms with Gasteiger partial charge < -0.3 is 10.6 Å². The number of carbonyl (C=O) groups is 1. The van der Waals surface area contributed by atoms with E-state index in [-0.39, 0.29) is 12.6 Å². The zero-order valence-corrected chi connectivity index (χ0v) is 10.6. The van der Waals surface area contributed by atoms with Crippen LogP contribution < -0.4 is 10.6 Å². The zero-order valence-electron chi connectivity index (χ0n) is 9.76. The highest BCUT2D eigenvalue weighted by molar-refractivity contribution is 7.84. The second kappa shape index (κ2) is 7.65. The Morgan fingerprint density at radius 1 is 1.41 bits per heavy atom. The van der Waals surface area contributed by atoms with Crippen LogP contribution in [-0.4, -0.2) is 47.4 Å². The molecule has 0 spiro atoms. The number of carbonyl (C=O) groups excluding carboxylic acids is 1. The Kier molecular flexibility index (Phi) is 7.37. The van der Waals surface area contributed by atoms with Gasteiger partial charge in [-0.15, -0.1) is 0 Å². The number of nitrogens with one attached hydrogen (secondary N) is 2. The molecule has 2 N–H and O–H groups in total. The average Bonchev–Trinajstić information content (AvgIpc) is 2.19. The second-order valence-electron chi connectivity index (χ2n) is 3.74. The van der Waals surface area contributed by atoms with Crippen molar-refractivity contribution in [1.29, 1.82) is 0 Å². The van der Waals surface area contributed by atoms with Crippen molar-refractivity contribution < 1.29 is 22.2 Å². The third kappa shape index (κ3) is 11.6. The van der Waals surface area contributed by atoms with Crippen LogP contribution in [0.3, 0.4) is 0 Å². The van der Waals surface area contributed by atoms with Gasteiger partial charge in [0.25, 0.3) is 0 Å². The number of amides is 1. The highest BCUT2D eigenvalue weighted by Gasteiger charge is 2.27. The van der Waals surface area contributed by atoms with Crippen molar-refractivity contribution in [2.45, 2.75) is 25.6 Å². The van der Waals surface area contributed by atoms with E-state index in [4.69, 9.17) is 0 Å². The summed E-state index contributed by atoms with van der Waals surface area (Å²) in [4.78, 5) is 11.0. The van der Waals surface area contributed by atoms with Gasteiger partial charge in [-0.05, 0) is 13.3 Å². The summed E-state index contributed by atoms with van der Waals surface area (Å²) in [6.07, 6.45) is -2.21. The molecule has 0 aliphatic heterocycles. The minimum Gasteiger partial charge on any atom is -0.346 e. The molecule has 8 heteroatoms. The van der Waals surface area contributed by atoms with Gasteiger partial charge in [0.2, 0.25) is 5.91 Å². The van der Waals surface area contributed by atoms with Crippen LogP contribution in [0.5, 0.6) is 0 Å². The first kappa shape index (κ1) is 16.4. The average molecular weight is 274 g/mol. The van der Waals surface area contributed by atoms with Crippen molar-refractivity contribution >= 4 is 16.7 Å². The molecule has 0 bridgehead atoms. The van der Waals surface area contributed by atoms with Crippen LogP contribution in [0.15, 0.2) is 0 Å². The molecule has 4 nitrogen and oxygen atoms in total. The Bertz CT molecular complexity index is 271. The van der Waals surface area contributed by atoms with Gasteiger partial charge in [0.1, 0.15) is 6.54 Å². The van der Waals surface area contributed by atoms with Gasteiger partial charge in [0, 0.05) is 28.9 Å². The molecule has 0 saturated carbocycles. The van der Waals surface area contributed by atoms with Crippen molar-refractivity contribution in [2.75, 3.05) is 25.1 Å². The standard InChI is InChI=1S/C9H17F3N2O2S/c1-7(3-4-17(2)16)13-5-8(15)14-6-9(10,11)12/h7,13H,3-6H2,1-2H3,(H,14,15).